The van der Waals surface area contributed by atoms with Crippen molar-refractivity contribution in [1.29, 1.82) is 0 Å². The molecule has 1 aromatic carbocycles. The van der Waals surface area contributed by atoms with Crippen LogP contribution in [0.15, 0.2) is 22.7 Å². The van der Waals surface area contributed by atoms with E-state index in [1.165, 1.54) is 11.1 Å². The molecule has 0 aliphatic carbocycles. The second kappa shape index (κ2) is 4.97. The maximum Gasteiger partial charge on any atom is 0.221 e. The zero-order valence-corrected chi connectivity index (χ0v) is 10.8. The second-order valence-electron chi connectivity index (χ2n) is 4.12. The summed E-state index contributed by atoms with van der Waals surface area (Å²) in [7, 11) is 0. The molecule has 0 radical (unpaired) electrons. The van der Waals surface area contributed by atoms with E-state index in [4.69, 9.17) is 0 Å². The Kier molecular flexibility index (Phi) is 3.61. The van der Waals surface area contributed by atoms with Gasteiger partial charge < -0.3 is 10.6 Å². The second-order valence-corrected chi connectivity index (χ2v) is 5.04. The first-order valence-corrected chi connectivity index (χ1v) is 6.21. The number of benzene rings is 1. The Balaban J connectivity index is 2.24. The molecule has 0 spiro atoms. The lowest BCUT2D eigenvalue weighted by molar-refractivity contribution is -0.121. The van der Waals surface area contributed by atoms with Crippen LogP contribution >= 0.6 is 15.9 Å². The van der Waals surface area contributed by atoms with Gasteiger partial charge in [0.15, 0.2) is 0 Å². The van der Waals surface area contributed by atoms with Gasteiger partial charge in [-0.25, -0.2) is 0 Å². The third kappa shape index (κ3) is 2.83. The highest BCUT2D eigenvalue weighted by molar-refractivity contribution is 9.10. The number of carbonyl (C=O) groups excluding carboxylic acids is 1. The monoisotopic (exact) mass is 282 g/mol. The van der Waals surface area contributed by atoms with E-state index >= 15 is 0 Å². The van der Waals surface area contributed by atoms with E-state index in [2.05, 4.69) is 51.7 Å². The van der Waals surface area contributed by atoms with E-state index in [1.807, 2.05) is 0 Å². The Labute approximate surface area is 104 Å². The number of aryl methyl sites for hydroxylation is 1. The summed E-state index contributed by atoms with van der Waals surface area (Å²) in [6.07, 6.45) is 0.510. The smallest absolute Gasteiger partial charge is 0.221 e. The standard InChI is InChI=1S/C12H15BrN2O/c1-8-4-9(6-10(13)5-8)11-7-12(16)15-3-2-14-11/h4-6,11,14H,2-3,7H2,1H3,(H,15,16). The molecule has 2 N–H and O–H groups in total. The van der Waals surface area contributed by atoms with E-state index in [1.54, 1.807) is 0 Å². The number of rotatable bonds is 1. The molecule has 0 aromatic heterocycles. The van der Waals surface area contributed by atoms with Crippen LogP contribution in [0.1, 0.15) is 23.6 Å². The summed E-state index contributed by atoms with van der Waals surface area (Å²) in [4.78, 5) is 11.5. The minimum Gasteiger partial charge on any atom is -0.355 e. The first-order valence-electron chi connectivity index (χ1n) is 5.42. The number of carbonyl (C=O) groups is 1. The van der Waals surface area contributed by atoms with Crippen molar-refractivity contribution in [3.63, 3.8) is 0 Å². The van der Waals surface area contributed by atoms with Crippen LogP contribution in [0, 0.1) is 6.92 Å². The van der Waals surface area contributed by atoms with Crippen LogP contribution < -0.4 is 10.6 Å². The van der Waals surface area contributed by atoms with Gasteiger partial charge in [0.1, 0.15) is 0 Å². The molecular formula is C12H15BrN2O. The number of amides is 1. The van der Waals surface area contributed by atoms with Crippen LogP contribution in [0.2, 0.25) is 0 Å². The van der Waals surface area contributed by atoms with Crippen molar-refractivity contribution >= 4 is 21.8 Å². The van der Waals surface area contributed by atoms with Crippen molar-refractivity contribution in [2.75, 3.05) is 13.1 Å². The molecule has 2 rings (SSSR count). The molecule has 0 saturated carbocycles. The molecular weight excluding hydrogens is 268 g/mol. The van der Waals surface area contributed by atoms with Gasteiger partial charge in [-0.15, -0.1) is 0 Å². The maximum atomic E-state index is 11.5. The third-order valence-corrected chi connectivity index (χ3v) is 3.15. The lowest BCUT2D eigenvalue weighted by Crippen LogP contribution is -2.24. The van der Waals surface area contributed by atoms with Crippen LogP contribution in [0.3, 0.4) is 0 Å². The van der Waals surface area contributed by atoms with E-state index in [9.17, 15) is 4.79 Å². The molecule has 1 aliphatic heterocycles. The molecule has 1 amide bonds. The van der Waals surface area contributed by atoms with Crippen LogP contribution in [0.4, 0.5) is 0 Å². The molecule has 1 aromatic rings. The van der Waals surface area contributed by atoms with Gasteiger partial charge in [-0.1, -0.05) is 22.0 Å². The van der Waals surface area contributed by atoms with Crippen LogP contribution in [0.25, 0.3) is 0 Å². The molecule has 1 fully saturated rings. The van der Waals surface area contributed by atoms with Gasteiger partial charge in [-0.2, -0.15) is 0 Å². The Hall–Kier alpha value is -0.870. The molecule has 1 saturated heterocycles. The van der Waals surface area contributed by atoms with Crippen LogP contribution in [0.5, 0.6) is 0 Å². The predicted molar refractivity (Wildman–Crippen MR) is 67.2 cm³/mol. The van der Waals surface area contributed by atoms with Gasteiger partial charge in [0.05, 0.1) is 0 Å². The number of hydrogen-bond donors (Lipinski definition) is 2. The van der Waals surface area contributed by atoms with Gasteiger partial charge >= 0.3 is 0 Å². The molecule has 1 unspecified atom stereocenters. The molecule has 1 heterocycles. The largest absolute Gasteiger partial charge is 0.355 e. The third-order valence-electron chi connectivity index (χ3n) is 2.69. The molecule has 16 heavy (non-hydrogen) atoms. The summed E-state index contributed by atoms with van der Waals surface area (Å²) in [5.41, 5.74) is 2.37. The fourth-order valence-electron chi connectivity index (χ4n) is 1.98. The normalized spacial score (nSPS) is 21.4. The highest BCUT2D eigenvalue weighted by atomic mass is 79.9. The average Bonchev–Trinajstić information content (AvgIpc) is 2.41. The summed E-state index contributed by atoms with van der Waals surface area (Å²) in [6, 6.07) is 6.39. The first kappa shape index (κ1) is 11.6. The zero-order valence-electron chi connectivity index (χ0n) is 9.22. The van der Waals surface area contributed by atoms with E-state index in [0.717, 1.165) is 11.0 Å². The van der Waals surface area contributed by atoms with Crippen molar-refractivity contribution in [2.24, 2.45) is 0 Å². The molecule has 3 nitrogen and oxygen atoms in total. The summed E-state index contributed by atoms with van der Waals surface area (Å²) >= 11 is 3.49. The van der Waals surface area contributed by atoms with Gasteiger partial charge in [-0.05, 0) is 30.2 Å². The lowest BCUT2D eigenvalue weighted by atomic mass is 10.0. The van der Waals surface area contributed by atoms with Crippen LogP contribution in [-0.4, -0.2) is 19.0 Å². The van der Waals surface area contributed by atoms with E-state index < -0.39 is 0 Å². The fraction of sp³-hybridized carbons (Fsp3) is 0.417. The van der Waals surface area contributed by atoms with Crippen molar-refractivity contribution in [1.82, 2.24) is 10.6 Å². The summed E-state index contributed by atoms with van der Waals surface area (Å²) in [5.74, 6) is 0.118. The Bertz CT molecular complexity index is 386. The molecule has 86 valence electrons. The number of halogens is 1. The summed E-state index contributed by atoms with van der Waals surface area (Å²) in [6.45, 7) is 3.59. The Morgan fingerprint density at radius 3 is 2.88 bits per heavy atom. The van der Waals surface area contributed by atoms with Gasteiger partial charge in [0.2, 0.25) is 5.91 Å². The highest BCUT2D eigenvalue weighted by Crippen LogP contribution is 2.23. The maximum absolute atomic E-state index is 11.5. The van der Waals surface area contributed by atoms with Gasteiger partial charge in [0.25, 0.3) is 0 Å². The molecule has 0 bridgehead atoms. The molecule has 1 aliphatic rings. The minimum atomic E-state index is 0.118. The van der Waals surface area contributed by atoms with Gasteiger partial charge in [-0.3, -0.25) is 4.79 Å². The number of hydrogen-bond acceptors (Lipinski definition) is 2. The Morgan fingerprint density at radius 1 is 1.31 bits per heavy atom. The Morgan fingerprint density at radius 2 is 2.12 bits per heavy atom. The lowest BCUT2D eigenvalue weighted by Gasteiger charge is -2.16. The van der Waals surface area contributed by atoms with Crippen LogP contribution in [-0.2, 0) is 4.79 Å². The highest BCUT2D eigenvalue weighted by Gasteiger charge is 2.18. The van der Waals surface area contributed by atoms with Crippen molar-refractivity contribution < 1.29 is 4.79 Å². The average molecular weight is 283 g/mol. The molecule has 4 heteroatoms. The predicted octanol–water partition coefficient (Wildman–Crippen LogP) is 1.91. The fourth-order valence-corrected chi connectivity index (χ4v) is 2.60. The van der Waals surface area contributed by atoms with Gasteiger partial charge in [0, 0.05) is 30.0 Å². The zero-order chi connectivity index (χ0) is 11.5. The summed E-state index contributed by atoms with van der Waals surface area (Å²) < 4.78 is 1.06. The molecule has 1 atom stereocenters. The quantitative estimate of drug-likeness (QED) is 0.826. The number of nitrogens with one attached hydrogen (secondary N) is 2. The first-order chi connectivity index (χ1) is 7.65. The SMILES string of the molecule is Cc1cc(Br)cc(C2CC(=O)NCCN2)c1. The minimum absolute atomic E-state index is 0.118. The topological polar surface area (TPSA) is 41.1 Å². The van der Waals surface area contributed by atoms with E-state index in [-0.39, 0.29) is 11.9 Å². The van der Waals surface area contributed by atoms with Crippen molar-refractivity contribution in [3.05, 3.63) is 33.8 Å². The van der Waals surface area contributed by atoms with Crippen molar-refractivity contribution in [2.45, 2.75) is 19.4 Å². The van der Waals surface area contributed by atoms with E-state index in [0.29, 0.717) is 13.0 Å². The summed E-state index contributed by atoms with van der Waals surface area (Å²) in [5, 5.41) is 6.24. The van der Waals surface area contributed by atoms with Crippen molar-refractivity contribution in [3.8, 4) is 0 Å².